The van der Waals surface area contributed by atoms with Gasteiger partial charge in [0.25, 0.3) is 0 Å². The SMILES string of the molecule is CN(C)CCc1cn(S(=O)(=O)C2CC2)c2ccccc12. The van der Waals surface area contributed by atoms with Gasteiger partial charge < -0.3 is 4.90 Å². The molecule has 0 saturated heterocycles. The first-order valence-corrected chi connectivity index (χ1v) is 8.48. The fourth-order valence-corrected chi connectivity index (χ4v) is 4.26. The Hall–Kier alpha value is -1.33. The van der Waals surface area contributed by atoms with E-state index >= 15 is 0 Å². The predicted molar refractivity (Wildman–Crippen MR) is 81.5 cm³/mol. The Morgan fingerprint density at radius 2 is 1.95 bits per heavy atom. The van der Waals surface area contributed by atoms with Crippen LogP contribution in [0.2, 0.25) is 0 Å². The van der Waals surface area contributed by atoms with Gasteiger partial charge in [-0.25, -0.2) is 12.4 Å². The minimum absolute atomic E-state index is 0.181. The largest absolute Gasteiger partial charge is 0.309 e. The van der Waals surface area contributed by atoms with Gasteiger partial charge in [-0.15, -0.1) is 0 Å². The van der Waals surface area contributed by atoms with Crippen molar-refractivity contribution in [3.63, 3.8) is 0 Å². The molecule has 1 heterocycles. The van der Waals surface area contributed by atoms with Crippen molar-refractivity contribution in [3.8, 4) is 0 Å². The van der Waals surface area contributed by atoms with Crippen molar-refractivity contribution in [2.24, 2.45) is 0 Å². The summed E-state index contributed by atoms with van der Waals surface area (Å²) in [6, 6.07) is 7.78. The van der Waals surface area contributed by atoms with E-state index in [1.165, 1.54) is 3.97 Å². The van der Waals surface area contributed by atoms with E-state index in [1.54, 1.807) is 0 Å². The molecular weight excluding hydrogens is 272 g/mol. The molecule has 0 bridgehead atoms. The Labute approximate surface area is 120 Å². The molecule has 0 unspecified atom stereocenters. The lowest BCUT2D eigenvalue weighted by atomic mass is 10.1. The van der Waals surface area contributed by atoms with Crippen LogP contribution in [0.3, 0.4) is 0 Å². The molecule has 5 heteroatoms. The van der Waals surface area contributed by atoms with Gasteiger partial charge in [-0.1, -0.05) is 18.2 Å². The maximum Gasteiger partial charge on any atom is 0.241 e. The first-order valence-electron chi connectivity index (χ1n) is 6.98. The van der Waals surface area contributed by atoms with Gasteiger partial charge in [-0.05, 0) is 45.0 Å². The average molecular weight is 292 g/mol. The molecule has 2 aromatic rings. The zero-order chi connectivity index (χ0) is 14.3. The number of hydrogen-bond acceptors (Lipinski definition) is 3. The number of aromatic nitrogens is 1. The molecule has 0 radical (unpaired) electrons. The van der Waals surface area contributed by atoms with Crippen LogP contribution >= 0.6 is 0 Å². The minimum atomic E-state index is -3.21. The van der Waals surface area contributed by atoms with Crippen LogP contribution in [0.15, 0.2) is 30.5 Å². The second kappa shape index (κ2) is 4.90. The zero-order valence-electron chi connectivity index (χ0n) is 11.9. The summed E-state index contributed by atoms with van der Waals surface area (Å²) < 4.78 is 26.5. The maximum atomic E-state index is 12.5. The lowest BCUT2D eigenvalue weighted by Gasteiger charge is -2.08. The summed E-state index contributed by atoms with van der Waals surface area (Å²) in [5.41, 5.74) is 1.92. The van der Waals surface area contributed by atoms with Crippen LogP contribution in [0.5, 0.6) is 0 Å². The second-order valence-electron chi connectivity index (χ2n) is 5.76. The third kappa shape index (κ3) is 2.36. The second-order valence-corrected chi connectivity index (χ2v) is 7.85. The highest BCUT2D eigenvalue weighted by Gasteiger charge is 2.37. The molecule has 1 aliphatic rings. The third-order valence-corrected chi connectivity index (χ3v) is 5.97. The van der Waals surface area contributed by atoms with E-state index in [4.69, 9.17) is 0 Å². The van der Waals surface area contributed by atoms with E-state index in [0.29, 0.717) is 0 Å². The molecular formula is C15H20N2O2S. The van der Waals surface area contributed by atoms with Crippen LogP contribution in [-0.2, 0) is 16.4 Å². The van der Waals surface area contributed by atoms with Crippen LogP contribution in [0.4, 0.5) is 0 Å². The molecule has 0 atom stereocenters. The average Bonchev–Trinajstić information content (AvgIpc) is 3.19. The highest BCUT2D eigenvalue weighted by molar-refractivity contribution is 7.91. The van der Waals surface area contributed by atoms with Crippen molar-refractivity contribution >= 4 is 20.9 Å². The highest BCUT2D eigenvalue weighted by Crippen LogP contribution is 2.33. The van der Waals surface area contributed by atoms with Gasteiger partial charge >= 0.3 is 0 Å². The van der Waals surface area contributed by atoms with Crippen molar-refractivity contribution in [1.29, 1.82) is 0 Å². The molecule has 0 amide bonds. The maximum absolute atomic E-state index is 12.5. The fraction of sp³-hybridized carbons (Fsp3) is 0.467. The molecule has 1 aromatic heterocycles. The van der Waals surface area contributed by atoms with Crippen molar-refractivity contribution in [3.05, 3.63) is 36.0 Å². The first-order chi connectivity index (χ1) is 9.50. The Morgan fingerprint density at radius 1 is 1.25 bits per heavy atom. The predicted octanol–water partition coefficient (Wildman–Crippen LogP) is 2.09. The summed E-state index contributed by atoms with van der Waals surface area (Å²) in [5, 5.41) is 0.874. The molecule has 1 aromatic carbocycles. The quantitative estimate of drug-likeness (QED) is 0.847. The summed E-state index contributed by atoms with van der Waals surface area (Å²) in [5.74, 6) is 0. The summed E-state index contributed by atoms with van der Waals surface area (Å²) in [6.45, 7) is 0.914. The van der Waals surface area contributed by atoms with Crippen LogP contribution in [0, 0.1) is 0 Å². The Balaban J connectivity index is 2.09. The fourth-order valence-electron chi connectivity index (χ4n) is 2.50. The van der Waals surface area contributed by atoms with Gasteiger partial charge in [0.1, 0.15) is 0 Å². The monoisotopic (exact) mass is 292 g/mol. The van der Waals surface area contributed by atoms with Gasteiger partial charge in [0.05, 0.1) is 10.8 Å². The number of para-hydroxylation sites is 1. The molecule has 1 aliphatic carbocycles. The third-order valence-electron chi connectivity index (χ3n) is 3.81. The van der Waals surface area contributed by atoms with Gasteiger partial charge in [0.15, 0.2) is 0 Å². The van der Waals surface area contributed by atoms with Crippen LogP contribution < -0.4 is 0 Å². The molecule has 1 saturated carbocycles. The van der Waals surface area contributed by atoms with Gasteiger partial charge in [0.2, 0.25) is 10.0 Å². The molecule has 0 aliphatic heterocycles. The number of fused-ring (bicyclic) bond motifs is 1. The summed E-state index contributed by atoms with van der Waals surface area (Å²) in [7, 11) is 0.849. The Morgan fingerprint density at radius 3 is 2.60 bits per heavy atom. The van der Waals surface area contributed by atoms with Crippen LogP contribution in [-0.4, -0.2) is 43.2 Å². The van der Waals surface area contributed by atoms with Crippen molar-refractivity contribution in [2.75, 3.05) is 20.6 Å². The standard InChI is InChI=1S/C15H20N2O2S/c1-16(2)10-9-12-11-17(20(18,19)13-7-8-13)15-6-4-3-5-14(12)15/h3-6,11,13H,7-10H2,1-2H3. The normalized spacial score (nSPS) is 16.1. The zero-order valence-corrected chi connectivity index (χ0v) is 12.7. The van der Waals surface area contributed by atoms with E-state index in [0.717, 1.165) is 42.3 Å². The van der Waals surface area contributed by atoms with Gasteiger partial charge in [-0.2, -0.15) is 0 Å². The smallest absolute Gasteiger partial charge is 0.241 e. The van der Waals surface area contributed by atoms with Crippen LogP contribution in [0.1, 0.15) is 18.4 Å². The number of likely N-dealkylation sites (N-methyl/N-ethyl adjacent to an activating group) is 1. The van der Waals surface area contributed by atoms with Crippen molar-refractivity contribution in [1.82, 2.24) is 8.87 Å². The van der Waals surface area contributed by atoms with Crippen LogP contribution in [0.25, 0.3) is 10.9 Å². The molecule has 0 N–H and O–H groups in total. The minimum Gasteiger partial charge on any atom is -0.309 e. The Kier molecular flexibility index (Phi) is 3.34. The van der Waals surface area contributed by atoms with E-state index in [9.17, 15) is 8.42 Å². The summed E-state index contributed by atoms with van der Waals surface area (Å²) in [6.07, 6.45) is 4.27. The van der Waals surface area contributed by atoms with Crippen molar-refractivity contribution < 1.29 is 8.42 Å². The lowest BCUT2D eigenvalue weighted by molar-refractivity contribution is 0.414. The number of nitrogens with zero attached hydrogens (tertiary/aromatic N) is 2. The number of benzene rings is 1. The molecule has 1 fully saturated rings. The lowest BCUT2D eigenvalue weighted by Crippen LogP contribution is -2.17. The molecule has 20 heavy (non-hydrogen) atoms. The number of rotatable bonds is 5. The van der Waals surface area contributed by atoms with Crippen molar-refractivity contribution in [2.45, 2.75) is 24.5 Å². The Bertz CT molecular complexity index is 727. The molecule has 108 valence electrons. The molecule has 3 rings (SSSR count). The number of hydrogen-bond donors (Lipinski definition) is 0. The van der Waals surface area contributed by atoms with E-state index in [2.05, 4.69) is 4.90 Å². The van der Waals surface area contributed by atoms with E-state index in [-0.39, 0.29) is 5.25 Å². The highest BCUT2D eigenvalue weighted by atomic mass is 32.2. The van der Waals surface area contributed by atoms with E-state index in [1.807, 2.05) is 44.6 Å². The van der Waals surface area contributed by atoms with E-state index < -0.39 is 10.0 Å². The summed E-state index contributed by atoms with van der Waals surface area (Å²) in [4.78, 5) is 2.11. The topological polar surface area (TPSA) is 42.3 Å². The molecule has 0 spiro atoms. The summed E-state index contributed by atoms with van der Waals surface area (Å²) >= 11 is 0. The molecule has 4 nitrogen and oxygen atoms in total. The first kappa shape index (κ1) is 13.6. The van der Waals surface area contributed by atoms with Gasteiger partial charge in [-0.3, -0.25) is 0 Å². The van der Waals surface area contributed by atoms with Gasteiger partial charge in [0, 0.05) is 18.1 Å².